The summed E-state index contributed by atoms with van der Waals surface area (Å²) in [4.78, 5) is 110. The van der Waals surface area contributed by atoms with Crippen LogP contribution in [-0.4, -0.2) is 111 Å². The fraction of sp³-hybridized carbons (Fsp3) is 0.524. The second-order valence-electron chi connectivity index (χ2n) is 15.8. The van der Waals surface area contributed by atoms with Gasteiger partial charge in [-0.25, -0.2) is 0 Å². The summed E-state index contributed by atoms with van der Waals surface area (Å²) in [5.74, 6) is -6.02. The van der Waals surface area contributed by atoms with Crippen LogP contribution in [0, 0.1) is 11.8 Å². The van der Waals surface area contributed by atoms with E-state index < -0.39 is 101 Å². The van der Waals surface area contributed by atoms with Gasteiger partial charge in [-0.2, -0.15) is 0 Å². The average Bonchev–Trinajstić information content (AvgIpc) is 3.69. The number of nitrogens with two attached hydrogens (primary N) is 1. The van der Waals surface area contributed by atoms with Crippen LogP contribution in [0.4, 0.5) is 0 Å². The van der Waals surface area contributed by atoms with Crippen molar-refractivity contribution in [2.75, 3.05) is 12.3 Å². The molecule has 8 N–H and O–H groups in total. The second-order valence-corrected chi connectivity index (χ2v) is 16.9. The van der Waals surface area contributed by atoms with Crippen molar-refractivity contribution in [1.29, 1.82) is 0 Å². The Morgan fingerprint density at radius 1 is 0.729 bits per heavy atom. The van der Waals surface area contributed by atoms with E-state index in [-0.39, 0.29) is 43.9 Å². The minimum absolute atomic E-state index is 0.0209. The molecule has 2 fully saturated rings. The molecule has 6 amide bonds. The maximum atomic E-state index is 14.2. The number of carboxylic acid groups (broad SMARTS) is 1. The summed E-state index contributed by atoms with van der Waals surface area (Å²) in [6.07, 6.45) is 0.249. The van der Waals surface area contributed by atoms with Crippen LogP contribution < -0.4 is 32.3 Å². The number of carbonyl (C=O) groups excluding carboxylic acids is 7. The Kier molecular flexibility index (Phi) is 17.4. The summed E-state index contributed by atoms with van der Waals surface area (Å²) in [5.41, 5.74) is 7.72. The molecule has 59 heavy (non-hydrogen) atoms. The SMILES string of the molecule is CC(C)C[C@@H]1NC(=O)[C@H](Cc2ccccc2)NC(=O)[C@H](C(C)C)NC(=O)[C@H](Cc2ccccc2)NC(=O)[C@@H]2CCCN2C(=O)[C@@H](N)CSC(=O)[C@@H](CCC(=O)O)NC1=O. The zero-order valence-corrected chi connectivity index (χ0v) is 34.8. The van der Waals surface area contributed by atoms with Crippen LogP contribution in [0.1, 0.15) is 70.9 Å². The van der Waals surface area contributed by atoms with Crippen molar-refractivity contribution in [2.24, 2.45) is 17.6 Å². The van der Waals surface area contributed by atoms with E-state index in [0.717, 1.165) is 5.56 Å². The molecule has 2 aliphatic heterocycles. The van der Waals surface area contributed by atoms with Crippen molar-refractivity contribution >= 4 is 58.3 Å². The van der Waals surface area contributed by atoms with Crippen LogP contribution in [0.15, 0.2) is 60.7 Å². The molecule has 16 nitrogen and oxygen atoms in total. The topological polar surface area (TPSA) is 246 Å². The van der Waals surface area contributed by atoms with Crippen LogP contribution >= 0.6 is 11.8 Å². The smallest absolute Gasteiger partial charge is 0.303 e. The lowest BCUT2D eigenvalue weighted by Gasteiger charge is -2.30. The predicted octanol–water partition coefficient (Wildman–Crippen LogP) is 1.05. The van der Waals surface area contributed by atoms with Gasteiger partial charge in [0, 0.05) is 31.6 Å². The molecule has 4 rings (SSSR count). The third kappa shape index (κ3) is 13.9. The maximum Gasteiger partial charge on any atom is 0.303 e. The Balaban J connectivity index is 1.75. The Labute approximate surface area is 348 Å². The number of carboxylic acids is 1. The summed E-state index contributed by atoms with van der Waals surface area (Å²) in [6.45, 7) is 7.32. The highest BCUT2D eigenvalue weighted by atomic mass is 32.2. The van der Waals surface area contributed by atoms with Gasteiger partial charge in [0.15, 0.2) is 0 Å². The van der Waals surface area contributed by atoms with E-state index in [1.165, 1.54) is 4.90 Å². The van der Waals surface area contributed by atoms with Gasteiger partial charge >= 0.3 is 5.97 Å². The van der Waals surface area contributed by atoms with Gasteiger partial charge in [-0.1, -0.05) is 100 Å². The van der Waals surface area contributed by atoms with Crippen molar-refractivity contribution < 1.29 is 43.5 Å². The number of aliphatic carboxylic acids is 1. The Morgan fingerprint density at radius 2 is 1.24 bits per heavy atom. The maximum absolute atomic E-state index is 14.2. The van der Waals surface area contributed by atoms with E-state index in [9.17, 15) is 43.5 Å². The minimum Gasteiger partial charge on any atom is -0.481 e. The van der Waals surface area contributed by atoms with Gasteiger partial charge in [0.2, 0.25) is 40.6 Å². The minimum atomic E-state index is -1.31. The molecule has 2 aromatic carbocycles. The van der Waals surface area contributed by atoms with E-state index in [1.54, 1.807) is 68.4 Å². The predicted molar refractivity (Wildman–Crippen MR) is 221 cm³/mol. The Hall–Kier alpha value is -5.29. The zero-order chi connectivity index (χ0) is 43.2. The van der Waals surface area contributed by atoms with Gasteiger partial charge in [-0.05, 0) is 48.6 Å². The van der Waals surface area contributed by atoms with E-state index >= 15 is 0 Å². The lowest BCUT2D eigenvalue weighted by Crippen LogP contribution is -2.61. The lowest BCUT2D eigenvalue weighted by molar-refractivity contribution is -0.140. The summed E-state index contributed by atoms with van der Waals surface area (Å²) in [7, 11) is 0. The Morgan fingerprint density at radius 3 is 1.78 bits per heavy atom. The van der Waals surface area contributed by atoms with Gasteiger partial charge < -0.3 is 42.3 Å². The number of fused-ring (bicyclic) bond motifs is 1. The van der Waals surface area contributed by atoms with Crippen LogP contribution in [0.2, 0.25) is 0 Å². The first kappa shape index (κ1) is 46.4. The summed E-state index contributed by atoms with van der Waals surface area (Å²) < 4.78 is 0. The number of amides is 6. The van der Waals surface area contributed by atoms with Crippen molar-refractivity contribution in [3.8, 4) is 0 Å². The number of rotatable bonds is 10. The van der Waals surface area contributed by atoms with Crippen LogP contribution in [-0.2, 0) is 51.2 Å². The highest BCUT2D eigenvalue weighted by Gasteiger charge is 2.39. The standard InChI is InChI=1S/C42H57N7O9S/c1-24(2)20-30-36(52)44-29(17-18-34(50)51)42(58)59-23-28(43)41(57)49-19-11-16-33(49)39(55)46-32(22-27-14-9-6-10-15-27)38(54)48-35(25(3)4)40(56)47-31(37(53)45-30)21-26-12-7-5-8-13-26/h5-10,12-15,24-25,28-33,35H,11,16-23,43H2,1-4H3,(H,44,52)(H,45,53)(H,46,55)(H,47,56)(H,48,54)(H,50,51)/t28-,29+,30-,31-,32-,33-,35-/m0/s1. The molecule has 320 valence electrons. The molecule has 17 heteroatoms. The molecule has 0 aromatic heterocycles. The molecular formula is C42H57N7O9S. The van der Waals surface area contributed by atoms with Crippen LogP contribution in [0.3, 0.4) is 0 Å². The molecule has 0 saturated carbocycles. The van der Waals surface area contributed by atoms with Crippen molar-refractivity contribution in [3.63, 3.8) is 0 Å². The second kappa shape index (κ2) is 22.2. The molecule has 0 aliphatic carbocycles. The third-order valence-corrected chi connectivity index (χ3v) is 11.3. The van der Waals surface area contributed by atoms with Gasteiger partial charge in [0.1, 0.15) is 30.2 Å². The van der Waals surface area contributed by atoms with Crippen molar-refractivity contribution in [1.82, 2.24) is 31.5 Å². The van der Waals surface area contributed by atoms with Gasteiger partial charge in [-0.15, -0.1) is 0 Å². The van der Waals surface area contributed by atoms with Gasteiger partial charge in [0.05, 0.1) is 12.1 Å². The fourth-order valence-corrected chi connectivity index (χ4v) is 7.92. The molecule has 2 saturated heterocycles. The molecule has 0 radical (unpaired) electrons. The molecule has 2 aromatic rings. The highest BCUT2D eigenvalue weighted by Crippen LogP contribution is 2.21. The van der Waals surface area contributed by atoms with Crippen LogP contribution in [0.25, 0.3) is 0 Å². The van der Waals surface area contributed by atoms with E-state index in [0.29, 0.717) is 30.2 Å². The van der Waals surface area contributed by atoms with Crippen LogP contribution in [0.5, 0.6) is 0 Å². The first-order chi connectivity index (χ1) is 28.0. The summed E-state index contributed by atoms with van der Waals surface area (Å²) in [6, 6.07) is 9.61. The number of carbonyl (C=O) groups is 8. The zero-order valence-electron chi connectivity index (χ0n) is 34.0. The van der Waals surface area contributed by atoms with Crippen molar-refractivity contribution in [2.45, 2.75) is 115 Å². The van der Waals surface area contributed by atoms with Gasteiger partial charge in [0.25, 0.3) is 0 Å². The molecule has 7 atom stereocenters. The molecule has 0 unspecified atom stereocenters. The molecule has 2 heterocycles. The molecule has 0 bridgehead atoms. The van der Waals surface area contributed by atoms with E-state index in [4.69, 9.17) is 5.73 Å². The normalized spacial score (nSPS) is 25.8. The number of thioether (sulfide) groups is 1. The van der Waals surface area contributed by atoms with Gasteiger partial charge in [-0.3, -0.25) is 38.4 Å². The number of nitrogens with zero attached hydrogens (tertiary/aromatic N) is 1. The Bertz CT molecular complexity index is 1810. The fourth-order valence-electron chi connectivity index (χ4n) is 7.06. The quantitative estimate of drug-likeness (QED) is 0.178. The number of nitrogens with one attached hydrogen (secondary N) is 5. The first-order valence-corrected chi connectivity index (χ1v) is 21.1. The summed E-state index contributed by atoms with van der Waals surface area (Å²) >= 11 is 0.654. The molecule has 0 spiro atoms. The van der Waals surface area contributed by atoms with Crippen molar-refractivity contribution in [3.05, 3.63) is 71.8 Å². The average molecular weight is 836 g/mol. The third-order valence-electron chi connectivity index (χ3n) is 10.2. The van der Waals surface area contributed by atoms with E-state index in [1.807, 2.05) is 19.9 Å². The lowest BCUT2D eigenvalue weighted by atomic mass is 9.98. The largest absolute Gasteiger partial charge is 0.481 e. The first-order valence-electron chi connectivity index (χ1n) is 20.1. The molecule has 2 aliphatic rings. The monoisotopic (exact) mass is 835 g/mol. The number of benzene rings is 2. The number of hydrogen-bond donors (Lipinski definition) is 7. The summed E-state index contributed by atoms with van der Waals surface area (Å²) in [5, 5.41) is 22.6. The highest BCUT2D eigenvalue weighted by molar-refractivity contribution is 8.13. The van der Waals surface area contributed by atoms with E-state index in [2.05, 4.69) is 26.6 Å². The number of hydrogen-bond acceptors (Lipinski definition) is 10. The molecular weight excluding hydrogens is 779 g/mol.